The number of hydrogen-bond acceptors (Lipinski definition) is 2. The van der Waals surface area contributed by atoms with Crippen LogP contribution in [0.2, 0.25) is 0 Å². The number of amides is 1. The Kier molecular flexibility index (Phi) is 3.72. The van der Waals surface area contributed by atoms with Gasteiger partial charge in [0, 0.05) is 30.3 Å². The third kappa shape index (κ3) is 2.23. The number of benzene rings is 1. The van der Waals surface area contributed by atoms with Crippen molar-refractivity contribution in [3.05, 3.63) is 35.0 Å². The third-order valence-electron chi connectivity index (χ3n) is 4.54. The molecule has 2 heterocycles. The second-order valence-corrected chi connectivity index (χ2v) is 5.71. The van der Waals surface area contributed by atoms with E-state index >= 15 is 0 Å². The van der Waals surface area contributed by atoms with Gasteiger partial charge in [-0.25, -0.2) is 0 Å². The molecule has 0 atom stereocenters. The molecule has 1 saturated heterocycles. The van der Waals surface area contributed by atoms with Crippen molar-refractivity contribution >= 4 is 16.8 Å². The minimum atomic E-state index is -0.337. The van der Waals surface area contributed by atoms with E-state index < -0.39 is 0 Å². The zero-order valence-electron chi connectivity index (χ0n) is 12.7. The Bertz CT molecular complexity index is 682. The molecule has 3 rings (SSSR count). The lowest BCUT2D eigenvalue weighted by molar-refractivity contribution is 0.0702. The minimum absolute atomic E-state index is 0.337. The molecule has 1 fully saturated rings. The highest BCUT2D eigenvalue weighted by Gasteiger charge is 2.25. The number of para-hydroxylation sites is 1. The van der Waals surface area contributed by atoms with E-state index in [9.17, 15) is 4.79 Å². The molecule has 4 nitrogen and oxygen atoms in total. The summed E-state index contributed by atoms with van der Waals surface area (Å²) < 4.78 is 7.81. The maximum Gasteiger partial charge on any atom is 0.251 e. The smallest absolute Gasteiger partial charge is 0.251 e. The highest BCUT2D eigenvalue weighted by Crippen LogP contribution is 2.34. The van der Waals surface area contributed by atoms with E-state index in [4.69, 9.17) is 10.5 Å². The second-order valence-electron chi connectivity index (χ2n) is 5.71. The zero-order valence-corrected chi connectivity index (χ0v) is 12.7. The lowest BCUT2D eigenvalue weighted by Crippen LogP contribution is -2.21. The van der Waals surface area contributed by atoms with E-state index in [2.05, 4.69) is 17.6 Å². The Hall–Kier alpha value is -1.81. The van der Waals surface area contributed by atoms with Crippen LogP contribution in [0.3, 0.4) is 0 Å². The number of aryl methyl sites for hydroxylation is 1. The van der Waals surface area contributed by atoms with Gasteiger partial charge < -0.3 is 15.0 Å². The second kappa shape index (κ2) is 5.53. The Morgan fingerprint density at radius 1 is 1.38 bits per heavy atom. The van der Waals surface area contributed by atoms with Gasteiger partial charge in [-0.3, -0.25) is 4.79 Å². The molecule has 4 heteroatoms. The van der Waals surface area contributed by atoms with Crippen LogP contribution in [0.4, 0.5) is 0 Å². The number of carbonyl (C=O) groups excluding carboxylic acids is 1. The van der Waals surface area contributed by atoms with Crippen LogP contribution < -0.4 is 5.73 Å². The lowest BCUT2D eigenvalue weighted by atomic mass is 10.1. The SMILES string of the molecule is CCc1cccc2c(C(N)=O)c(C)n(C3CCOCC3)c12. The predicted octanol–water partition coefficient (Wildman–Crippen LogP) is 2.96. The van der Waals surface area contributed by atoms with Crippen molar-refractivity contribution in [2.45, 2.75) is 39.2 Å². The van der Waals surface area contributed by atoms with Crippen LogP contribution in [0, 0.1) is 6.92 Å². The molecule has 1 aliphatic rings. The fraction of sp³-hybridized carbons (Fsp3) is 0.471. The normalized spacial score (nSPS) is 16.5. The van der Waals surface area contributed by atoms with Crippen LogP contribution in [0.15, 0.2) is 18.2 Å². The van der Waals surface area contributed by atoms with Crippen LogP contribution in [-0.4, -0.2) is 23.7 Å². The first-order valence-corrected chi connectivity index (χ1v) is 7.65. The molecule has 0 aliphatic carbocycles. The fourth-order valence-electron chi connectivity index (χ4n) is 3.56. The Morgan fingerprint density at radius 2 is 2.10 bits per heavy atom. The number of aromatic nitrogens is 1. The Morgan fingerprint density at radius 3 is 2.71 bits per heavy atom. The lowest BCUT2D eigenvalue weighted by Gasteiger charge is -2.26. The monoisotopic (exact) mass is 286 g/mol. The average Bonchev–Trinajstić information content (AvgIpc) is 2.80. The first kappa shape index (κ1) is 14.1. The number of fused-ring (bicyclic) bond motifs is 1. The van der Waals surface area contributed by atoms with E-state index in [1.54, 1.807) is 0 Å². The number of nitrogens with zero attached hydrogens (tertiary/aromatic N) is 1. The van der Waals surface area contributed by atoms with Gasteiger partial charge in [-0.05, 0) is 31.7 Å². The fourth-order valence-corrected chi connectivity index (χ4v) is 3.56. The van der Waals surface area contributed by atoms with Crippen molar-refractivity contribution in [1.29, 1.82) is 0 Å². The van der Waals surface area contributed by atoms with Gasteiger partial charge in [-0.1, -0.05) is 25.1 Å². The number of carbonyl (C=O) groups is 1. The van der Waals surface area contributed by atoms with Crippen molar-refractivity contribution in [3.63, 3.8) is 0 Å². The summed E-state index contributed by atoms with van der Waals surface area (Å²) >= 11 is 0. The minimum Gasteiger partial charge on any atom is -0.381 e. The molecule has 0 unspecified atom stereocenters. The molecule has 0 saturated carbocycles. The molecule has 0 bridgehead atoms. The van der Waals surface area contributed by atoms with Gasteiger partial charge in [0.1, 0.15) is 0 Å². The topological polar surface area (TPSA) is 57.2 Å². The third-order valence-corrected chi connectivity index (χ3v) is 4.54. The number of hydrogen-bond donors (Lipinski definition) is 1. The van der Waals surface area contributed by atoms with Crippen LogP contribution in [0.5, 0.6) is 0 Å². The highest BCUT2D eigenvalue weighted by atomic mass is 16.5. The van der Waals surface area contributed by atoms with E-state index in [1.165, 1.54) is 11.1 Å². The van der Waals surface area contributed by atoms with Crippen molar-refractivity contribution in [3.8, 4) is 0 Å². The van der Waals surface area contributed by atoms with Crippen LogP contribution in [-0.2, 0) is 11.2 Å². The highest BCUT2D eigenvalue weighted by molar-refractivity contribution is 6.08. The number of rotatable bonds is 3. The molecule has 1 aliphatic heterocycles. The average molecular weight is 286 g/mol. The molecule has 2 N–H and O–H groups in total. The van der Waals surface area contributed by atoms with Crippen LogP contribution in [0.25, 0.3) is 10.9 Å². The molecule has 21 heavy (non-hydrogen) atoms. The van der Waals surface area contributed by atoms with Gasteiger partial charge in [-0.15, -0.1) is 0 Å². The van der Waals surface area contributed by atoms with Crippen LogP contribution >= 0.6 is 0 Å². The van der Waals surface area contributed by atoms with E-state index in [-0.39, 0.29) is 5.91 Å². The van der Waals surface area contributed by atoms with E-state index in [0.717, 1.165) is 43.6 Å². The standard InChI is InChI=1S/C17H22N2O2/c1-3-12-5-4-6-14-15(17(18)20)11(2)19(16(12)14)13-7-9-21-10-8-13/h4-6,13H,3,7-10H2,1-2H3,(H2,18,20). The molecular formula is C17H22N2O2. The van der Waals surface area contributed by atoms with Gasteiger partial charge in [0.25, 0.3) is 5.91 Å². The summed E-state index contributed by atoms with van der Waals surface area (Å²) in [5.41, 5.74) is 9.75. The molecule has 1 aromatic carbocycles. The van der Waals surface area contributed by atoms with E-state index in [0.29, 0.717) is 11.6 Å². The number of nitrogens with two attached hydrogens (primary N) is 1. The molecular weight excluding hydrogens is 264 g/mol. The van der Waals surface area contributed by atoms with Gasteiger partial charge in [0.15, 0.2) is 0 Å². The first-order valence-electron chi connectivity index (χ1n) is 7.65. The van der Waals surface area contributed by atoms with E-state index in [1.807, 2.05) is 19.1 Å². The maximum atomic E-state index is 11.9. The summed E-state index contributed by atoms with van der Waals surface area (Å²) in [6, 6.07) is 6.56. The van der Waals surface area contributed by atoms with Crippen molar-refractivity contribution in [2.75, 3.05) is 13.2 Å². The quantitative estimate of drug-likeness (QED) is 0.943. The largest absolute Gasteiger partial charge is 0.381 e. The molecule has 2 aromatic rings. The first-order chi connectivity index (χ1) is 10.1. The van der Waals surface area contributed by atoms with Crippen LogP contribution in [0.1, 0.15) is 47.4 Å². The molecule has 1 aromatic heterocycles. The van der Waals surface area contributed by atoms with Crippen molar-refractivity contribution in [1.82, 2.24) is 4.57 Å². The summed E-state index contributed by atoms with van der Waals surface area (Å²) in [7, 11) is 0. The molecule has 0 radical (unpaired) electrons. The number of ether oxygens (including phenoxy) is 1. The summed E-state index contributed by atoms with van der Waals surface area (Å²) in [5.74, 6) is -0.337. The van der Waals surface area contributed by atoms with Crippen molar-refractivity contribution in [2.24, 2.45) is 5.73 Å². The molecule has 1 amide bonds. The molecule has 112 valence electrons. The van der Waals surface area contributed by atoms with Crippen molar-refractivity contribution < 1.29 is 9.53 Å². The van der Waals surface area contributed by atoms with Gasteiger partial charge >= 0.3 is 0 Å². The summed E-state index contributed by atoms with van der Waals surface area (Å²) in [5, 5.41) is 0.992. The summed E-state index contributed by atoms with van der Waals surface area (Å²) in [4.78, 5) is 11.9. The summed E-state index contributed by atoms with van der Waals surface area (Å²) in [6.07, 6.45) is 2.92. The van der Waals surface area contributed by atoms with Gasteiger partial charge in [0.05, 0.1) is 11.1 Å². The zero-order chi connectivity index (χ0) is 15.0. The Labute approximate surface area is 124 Å². The Balaban J connectivity index is 2.30. The van der Waals surface area contributed by atoms with Gasteiger partial charge in [-0.2, -0.15) is 0 Å². The summed E-state index contributed by atoms with van der Waals surface area (Å²) in [6.45, 7) is 5.72. The van der Waals surface area contributed by atoms with Gasteiger partial charge in [0.2, 0.25) is 0 Å². The maximum absolute atomic E-state index is 11.9. The predicted molar refractivity (Wildman–Crippen MR) is 83.7 cm³/mol. The number of primary amides is 1. The molecule has 0 spiro atoms.